The zero-order valence-corrected chi connectivity index (χ0v) is 16.7. The summed E-state index contributed by atoms with van der Waals surface area (Å²) < 4.78 is 28.0. The van der Waals surface area contributed by atoms with Gasteiger partial charge in [-0.3, -0.25) is 4.79 Å². The van der Waals surface area contributed by atoms with Crippen LogP contribution in [-0.2, 0) is 0 Å². The number of carbonyl (C=O) groups is 1. The second-order valence-electron chi connectivity index (χ2n) is 7.70. The number of aryl methyl sites for hydroxylation is 1. The Bertz CT molecular complexity index is 860. The number of benzene rings is 2. The SMILES string of the molecule is Cc1cc(F)ccc1-c1ccc(C(=O)N2CC[C@@H]3CNC[C@@H]3CC2)cc1F.Cl. The summed E-state index contributed by atoms with van der Waals surface area (Å²) >= 11 is 0. The molecular formula is C22H25ClF2N2O. The minimum atomic E-state index is -0.452. The van der Waals surface area contributed by atoms with Gasteiger partial charge in [0.15, 0.2) is 0 Å². The van der Waals surface area contributed by atoms with Crippen molar-refractivity contribution < 1.29 is 13.6 Å². The van der Waals surface area contributed by atoms with E-state index in [-0.39, 0.29) is 24.1 Å². The Morgan fingerprint density at radius 1 is 1.00 bits per heavy atom. The van der Waals surface area contributed by atoms with Gasteiger partial charge in [-0.2, -0.15) is 0 Å². The van der Waals surface area contributed by atoms with Crippen LogP contribution in [0.15, 0.2) is 36.4 Å². The first-order valence-corrected chi connectivity index (χ1v) is 9.59. The summed E-state index contributed by atoms with van der Waals surface area (Å²) in [6.45, 7) is 5.27. The van der Waals surface area contributed by atoms with E-state index in [0.717, 1.165) is 39.0 Å². The number of nitrogens with one attached hydrogen (secondary N) is 1. The van der Waals surface area contributed by atoms with Gasteiger partial charge in [0.05, 0.1) is 0 Å². The van der Waals surface area contributed by atoms with Crippen molar-refractivity contribution in [3.8, 4) is 11.1 Å². The highest BCUT2D eigenvalue weighted by molar-refractivity contribution is 5.95. The zero-order valence-electron chi connectivity index (χ0n) is 15.9. The number of likely N-dealkylation sites (tertiary alicyclic amines) is 1. The van der Waals surface area contributed by atoms with Gasteiger partial charge in [-0.05, 0) is 80.1 Å². The van der Waals surface area contributed by atoms with E-state index < -0.39 is 5.82 Å². The summed E-state index contributed by atoms with van der Waals surface area (Å²) in [5.74, 6) is 0.381. The van der Waals surface area contributed by atoms with Crippen LogP contribution >= 0.6 is 12.4 Å². The monoisotopic (exact) mass is 406 g/mol. The molecule has 2 heterocycles. The van der Waals surface area contributed by atoms with Crippen molar-refractivity contribution in [1.82, 2.24) is 10.2 Å². The van der Waals surface area contributed by atoms with Crippen molar-refractivity contribution in [3.63, 3.8) is 0 Å². The predicted octanol–water partition coefficient (Wildman–Crippen LogP) is 4.43. The maximum atomic E-state index is 14.7. The lowest BCUT2D eigenvalue weighted by Crippen LogP contribution is -2.32. The molecule has 0 radical (unpaired) electrons. The number of fused-ring (bicyclic) bond motifs is 1. The van der Waals surface area contributed by atoms with Crippen LogP contribution in [-0.4, -0.2) is 37.0 Å². The van der Waals surface area contributed by atoms with Gasteiger partial charge in [-0.25, -0.2) is 8.78 Å². The lowest BCUT2D eigenvalue weighted by molar-refractivity contribution is 0.0758. The van der Waals surface area contributed by atoms with Crippen LogP contribution in [0.2, 0.25) is 0 Å². The van der Waals surface area contributed by atoms with E-state index in [1.165, 1.54) is 18.2 Å². The van der Waals surface area contributed by atoms with E-state index >= 15 is 0 Å². The normalized spacial score (nSPS) is 21.6. The topological polar surface area (TPSA) is 32.3 Å². The van der Waals surface area contributed by atoms with Crippen LogP contribution in [0.3, 0.4) is 0 Å². The highest BCUT2D eigenvalue weighted by Gasteiger charge is 2.31. The Morgan fingerprint density at radius 2 is 1.64 bits per heavy atom. The fraction of sp³-hybridized carbons (Fsp3) is 0.409. The molecule has 2 aromatic rings. The molecule has 2 fully saturated rings. The quantitative estimate of drug-likeness (QED) is 0.800. The van der Waals surface area contributed by atoms with Gasteiger partial charge in [-0.1, -0.05) is 12.1 Å². The Morgan fingerprint density at radius 3 is 2.25 bits per heavy atom. The average molecular weight is 407 g/mol. The molecule has 0 aromatic heterocycles. The molecule has 2 aliphatic heterocycles. The number of carbonyl (C=O) groups excluding carboxylic acids is 1. The molecule has 0 aliphatic carbocycles. The number of nitrogens with zero attached hydrogens (tertiary/aromatic N) is 1. The summed E-state index contributed by atoms with van der Waals surface area (Å²) in [5, 5.41) is 3.43. The number of hydrogen-bond acceptors (Lipinski definition) is 2. The summed E-state index contributed by atoms with van der Waals surface area (Å²) in [4.78, 5) is 14.7. The second kappa shape index (κ2) is 8.58. The molecule has 1 amide bonds. The van der Waals surface area contributed by atoms with Crippen LogP contribution in [0.5, 0.6) is 0 Å². The van der Waals surface area contributed by atoms with Gasteiger partial charge in [0.1, 0.15) is 11.6 Å². The van der Waals surface area contributed by atoms with Crippen LogP contribution in [0.25, 0.3) is 11.1 Å². The van der Waals surface area contributed by atoms with Crippen molar-refractivity contribution >= 4 is 18.3 Å². The average Bonchev–Trinajstić information content (AvgIpc) is 3.00. The van der Waals surface area contributed by atoms with Crippen molar-refractivity contribution in [2.45, 2.75) is 19.8 Å². The van der Waals surface area contributed by atoms with Gasteiger partial charge >= 0.3 is 0 Å². The van der Waals surface area contributed by atoms with Gasteiger partial charge in [0.25, 0.3) is 5.91 Å². The fourth-order valence-electron chi connectivity index (χ4n) is 4.40. The van der Waals surface area contributed by atoms with Crippen LogP contribution in [0, 0.1) is 30.4 Å². The van der Waals surface area contributed by atoms with Crippen molar-refractivity contribution in [2.75, 3.05) is 26.2 Å². The molecule has 2 atom stereocenters. The van der Waals surface area contributed by atoms with E-state index in [1.807, 2.05) is 4.90 Å². The zero-order chi connectivity index (χ0) is 19.0. The largest absolute Gasteiger partial charge is 0.339 e. The van der Waals surface area contributed by atoms with Crippen molar-refractivity contribution in [3.05, 3.63) is 59.2 Å². The molecule has 0 bridgehead atoms. The molecule has 0 saturated carbocycles. The summed E-state index contributed by atoms with van der Waals surface area (Å²) in [6.07, 6.45) is 2.00. The minimum Gasteiger partial charge on any atom is -0.339 e. The van der Waals surface area contributed by atoms with E-state index in [1.54, 1.807) is 25.1 Å². The van der Waals surface area contributed by atoms with Gasteiger partial charge in [0, 0.05) is 24.2 Å². The molecule has 3 nitrogen and oxygen atoms in total. The standard InChI is InChI=1S/C22H24F2N2O.ClH/c1-14-10-18(23)3-5-19(14)20-4-2-15(11-21(20)24)22(27)26-8-6-16-12-25-13-17(16)7-9-26;/h2-5,10-11,16-17,25H,6-9,12-13H2,1H3;1H/t16-,17+;. The minimum absolute atomic E-state index is 0. The number of halogens is 3. The number of amides is 1. The van der Waals surface area contributed by atoms with Gasteiger partial charge in [0.2, 0.25) is 0 Å². The fourth-order valence-corrected chi connectivity index (χ4v) is 4.40. The first-order valence-electron chi connectivity index (χ1n) is 9.59. The van der Waals surface area contributed by atoms with Gasteiger partial charge < -0.3 is 10.2 Å². The van der Waals surface area contributed by atoms with E-state index in [2.05, 4.69) is 5.32 Å². The van der Waals surface area contributed by atoms with E-state index in [0.29, 0.717) is 34.1 Å². The van der Waals surface area contributed by atoms with Crippen molar-refractivity contribution in [2.24, 2.45) is 11.8 Å². The Labute approximate surface area is 170 Å². The number of rotatable bonds is 2. The number of hydrogen-bond donors (Lipinski definition) is 1. The van der Waals surface area contributed by atoms with E-state index in [9.17, 15) is 13.6 Å². The van der Waals surface area contributed by atoms with Crippen LogP contribution in [0.1, 0.15) is 28.8 Å². The lowest BCUT2D eigenvalue weighted by Gasteiger charge is -2.21. The highest BCUT2D eigenvalue weighted by atomic mass is 35.5. The maximum Gasteiger partial charge on any atom is 0.253 e. The van der Waals surface area contributed by atoms with Gasteiger partial charge in [-0.15, -0.1) is 12.4 Å². The molecule has 2 aliphatic rings. The maximum absolute atomic E-state index is 14.7. The molecule has 6 heteroatoms. The smallest absolute Gasteiger partial charge is 0.253 e. The predicted molar refractivity (Wildman–Crippen MR) is 109 cm³/mol. The Kier molecular flexibility index (Phi) is 6.36. The van der Waals surface area contributed by atoms with Crippen LogP contribution in [0.4, 0.5) is 8.78 Å². The Hall–Kier alpha value is -1.98. The first-order chi connectivity index (χ1) is 13.0. The molecule has 28 heavy (non-hydrogen) atoms. The molecule has 0 unspecified atom stereocenters. The molecule has 4 rings (SSSR count). The highest BCUT2D eigenvalue weighted by Crippen LogP contribution is 2.30. The molecule has 1 N–H and O–H groups in total. The molecule has 0 spiro atoms. The Balaban J connectivity index is 0.00000225. The summed E-state index contributed by atoms with van der Waals surface area (Å²) in [5.41, 5.74) is 2.07. The van der Waals surface area contributed by atoms with Crippen LogP contribution < -0.4 is 5.32 Å². The second-order valence-corrected chi connectivity index (χ2v) is 7.70. The molecule has 2 saturated heterocycles. The third-order valence-electron chi connectivity index (χ3n) is 6.00. The van der Waals surface area contributed by atoms with Crippen molar-refractivity contribution in [1.29, 1.82) is 0 Å². The summed E-state index contributed by atoms with van der Waals surface area (Å²) in [7, 11) is 0. The summed E-state index contributed by atoms with van der Waals surface area (Å²) in [6, 6.07) is 8.90. The third-order valence-corrected chi connectivity index (χ3v) is 6.00. The lowest BCUT2D eigenvalue weighted by atomic mass is 9.92. The molecular weight excluding hydrogens is 382 g/mol. The molecule has 2 aromatic carbocycles. The molecule has 150 valence electrons. The third kappa shape index (κ3) is 4.06. The first kappa shape index (κ1) is 20.7. The van der Waals surface area contributed by atoms with E-state index in [4.69, 9.17) is 0 Å².